The third-order valence-corrected chi connectivity index (χ3v) is 14.8. The Morgan fingerprint density at radius 3 is 1.30 bits per heavy atom. The van der Waals surface area contributed by atoms with E-state index in [9.17, 15) is 0 Å². The zero-order chi connectivity index (χ0) is 66.7. The number of piperidine rings is 2. The van der Waals surface area contributed by atoms with Crippen LogP contribution in [-0.4, -0.2) is 140 Å². The Balaban J connectivity index is 0.000000186. The van der Waals surface area contributed by atoms with Gasteiger partial charge in [0.05, 0.1) is 0 Å². The van der Waals surface area contributed by atoms with Crippen molar-refractivity contribution in [3.63, 3.8) is 0 Å². The monoisotopic (exact) mass is 1270 g/mol. The van der Waals surface area contributed by atoms with Crippen molar-refractivity contribution in [2.45, 2.75) is 173 Å². The largest absolute Gasteiger partial charge is 0.368 e. The van der Waals surface area contributed by atoms with Crippen molar-refractivity contribution in [1.29, 1.82) is 0 Å². The molecule has 0 radical (unpaired) electrons. The summed E-state index contributed by atoms with van der Waals surface area (Å²) in [4.78, 5) is 75.0. The van der Waals surface area contributed by atoms with Crippen LogP contribution in [0.2, 0.25) is 0 Å². The van der Waals surface area contributed by atoms with Crippen LogP contribution >= 0.6 is 0 Å². The van der Waals surface area contributed by atoms with Crippen molar-refractivity contribution in [2.75, 3.05) is 112 Å². The minimum atomic E-state index is 0.296. The molecule has 0 saturated carbocycles. The van der Waals surface area contributed by atoms with Crippen LogP contribution in [0.25, 0.3) is 11.4 Å². The molecule has 93 heavy (non-hydrogen) atoms. The molecule has 2 saturated heterocycles. The number of anilines is 11. The van der Waals surface area contributed by atoms with Crippen molar-refractivity contribution in [2.24, 2.45) is 0 Å². The molecule has 24 heteroatoms. The molecule has 0 unspecified atom stereocenters. The summed E-state index contributed by atoms with van der Waals surface area (Å²) in [5, 5.41) is 12.5. The first-order valence-electron chi connectivity index (χ1n) is 33.7. The first-order valence-corrected chi connectivity index (χ1v) is 33.7. The highest BCUT2D eigenvalue weighted by Crippen LogP contribution is 2.23. The summed E-state index contributed by atoms with van der Waals surface area (Å²) < 4.78 is 0. The SMILES string of the molecule is CCCCN(CC)c1nc(C)nc(N(CC)CCCC)n1.CCCCc1nc(N)nc(-c2ccccc2)n1.CCNc1nc(C)nc(NCC)n1.Cc1cccc(Nc2nc(C)nc(Nc3cccc(C)c3)n2)c1.Cc1nc(N2CCCCC2)nc(N2CCCCC2)n1. The number of rotatable bonds is 24. The highest BCUT2D eigenvalue weighted by Gasteiger charge is 2.20. The zero-order valence-electron chi connectivity index (χ0n) is 57.8. The number of nitrogens with two attached hydrogens (primary N) is 1. The Kier molecular flexibility index (Phi) is 31.4. The lowest BCUT2D eigenvalue weighted by Crippen LogP contribution is -2.34. The van der Waals surface area contributed by atoms with Crippen LogP contribution in [-0.2, 0) is 6.42 Å². The van der Waals surface area contributed by atoms with E-state index < -0.39 is 0 Å². The molecule has 0 spiro atoms. The highest BCUT2D eigenvalue weighted by molar-refractivity contribution is 5.59. The fourth-order valence-corrected chi connectivity index (χ4v) is 10.0. The average molecular weight is 1270 g/mol. The van der Waals surface area contributed by atoms with E-state index in [4.69, 9.17) is 15.7 Å². The zero-order valence-corrected chi connectivity index (χ0v) is 57.8. The van der Waals surface area contributed by atoms with Gasteiger partial charge in [-0.05, 0) is 162 Å². The van der Waals surface area contributed by atoms with Crippen LogP contribution in [0.1, 0.15) is 166 Å². The third kappa shape index (κ3) is 25.8. The number of nitrogen functional groups attached to an aromatic ring is 1. The molecule has 8 aromatic rings. The van der Waals surface area contributed by atoms with Gasteiger partial charge in [0.1, 0.15) is 29.1 Å². The Morgan fingerprint density at radius 2 is 0.860 bits per heavy atom. The Hall–Kier alpha value is -9.09. The maximum absolute atomic E-state index is 5.71. The van der Waals surface area contributed by atoms with E-state index in [1.165, 1.54) is 75.3 Å². The van der Waals surface area contributed by atoms with E-state index in [0.717, 1.165) is 149 Å². The Bertz CT molecular complexity index is 3270. The molecule has 6 N–H and O–H groups in total. The van der Waals surface area contributed by atoms with E-state index >= 15 is 0 Å². The van der Waals surface area contributed by atoms with Gasteiger partial charge in [-0.2, -0.15) is 69.8 Å². The molecule has 3 aromatic carbocycles. The molecule has 2 aliphatic rings. The van der Waals surface area contributed by atoms with Crippen LogP contribution in [0.15, 0.2) is 78.9 Å². The molecule has 7 heterocycles. The summed E-state index contributed by atoms with van der Waals surface area (Å²) in [5.74, 6) is 10.5. The van der Waals surface area contributed by atoms with Crippen LogP contribution in [0, 0.1) is 41.5 Å². The first kappa shape index (κ1) is 73.0. The maximum atomic E-state index is 5.71. The second-order valence-corrected chi connectivity index (χ2v) is 22.9. The molecule has 2 aliphatic heterocycles. The normalized spacial score (nSPS) is 12.5. The van der Waals surface area contributed by atoms with E-state index in [2.05, 4.69) is 166 Å². The summed E-state index contributed by atoms with van der Waals surface area (Å²) in [6.45, 7) is 36.5. The van der Waals surface area contributed by atoms with E-state index in [0.29, 0.717) is 41.4 Å². The van der Waals surface area contributed by atoms with Crippen molar-refractivity contribution in [3.8, 4) is 11.4 Å². The van der Waals surface area contributed by atoms with Gasteiger partial charge in [-0.25, -0.2) is 4.98 Å². The molecule has 10 rings (SSSR count). The third-order valence-electron chi connectivity index (χ3n) is 14.8. The summed E-state index contributed by atoms with van der Waals surface area (Å²) in [7, 11) is 0. The minimum absolute atomic E-state index is 0.296. The molecular formula is C69H104N24. The number of aromatic nitrogens is 15. The van der Waals surface area contributed by atoms with Crippen molar-refractivity contribution >= 4 is 64.9 Å². The molecule has 0 atom stereocenters. The predicted molar refractivity (Wildman–Crippen MR) is 382 cm³/mol. The van der Waals surface area contributed by atoms with Gasteiger partial charge in [0.2, 0.25) is 53.5 Å². The van der Waals surface area contributed by atoms with Crippen molar-refractivity contribution in [1.82, 2.24) is 74.8 Å². The van der Waals surface area contributed by atoms with Gasteiger partial charge in [0.15, 0.2) is 5.82 Å². The van der Waals surface area contributed by atoms with Crippen molar-refractivity contribution in [3.05, 3.63) is 119 Å². The summed E-state index contributed by atoms with van der Waals surface area (Å²) in [6, 6.07) is 26.0. The van der Waals surface area contributed by atoms with Gasteiger partial charge in [0.25, 0.3) is 0 Å². The lowest BCUT2D eigenvalue weighted by atomic mass is 10.1. The molecule has 2 fully saturated rings. The summed E-state index contributed by atoms with van der Waals surface area (Å²) in [6.07, 6.45) is 15.4. The average Bonchev–Trinajstić information content (AvgIpc) is 1.03. The first-order chi connectivity index (χ1) is 45.1. The van der Waals surface area contributed by atoms with Gasteiger partial charge in [-0.3, -0.25) is 0 Å². The Morgan fingerprint density at radius 1 is 0.419 bits per heavy atom. The van der Waals surface area contributed by atoms with Crippen LogP contribution < -0.4 is 46.6 Å². The molecule has 0 bridgehead atoms. The number of hydrogen-bond donors (Lipinski definition) is 5. The maximum Gasteiger partial charge on any atom is 0.232 e. The number of nitrogens with zero attached hydrogens (tertiary/aromatic N) is 19. The molecule has 0 amide bonds. The van der Waals surface area contributed by atoms with Crippen LogP contribution in [0.5, 0.6) is 0 Å². The van der Waals surface area contributed by atoms with Gasteiger partial charge in [0, 0.05) is 88.8 Å². The number of nitrogens with one attached hydrogen (secondary N) is 4. The quantitative estimate of drug-likeness (QED) is 0.0376. The number of unbranched alkanes of at least 4 members (excludes halogenated alkanes) is 3. The standard InChI is InChI=1S/C18H19N5.C16H31N5.C14H23N5.C13H16N4.C8H15N5/c1-12-6-4-8-15(10-12)21-17-19-14(3)20-18(23-17)22-16-9-5-7-13(2)11-16;1-6-10-12-20(8-3)15-17-14(5)18-16(19-15)21(9-4)13-11-7-2;1-12-15-13(18-8-4-2-5-9-18)17-14(16-12)19-10-6-3-7-11-19;1-2-3-9-11-15-12(17-13(14)16-11)10-7-5-4-6-8-10;1-4-9-7-11-6(3)12-8(13-7)10-5-2/h4-11H,1-3H3,(H2,19,20,21,22,23);6-13H2,1-5H3;2-11H2,1H3;4-8H,2-3,9H2,1H3,(H2,14,15,16,17);4-5H2,1-3H3,(H2,9,10,11,12,13). The number of hydrogen-bond acceptors (Lipinski definition) is 24. The number of benzene rings is 3. The van der Waals surface area contributed by atoms with Gasteiger partial charge < -0.3 is 46.6 Å². The molecular weight excluding hydrogens is 1160 g/mol. The lowest BCUT2D eigenvalue weighted by molar-refractivity contribution is 0.554. The van der Waals surface area contributed by atoms with Crippen LogP contribution in [0.3, 0.4) is 0 Å². The highest BCUT2D eigenvalue weighted by atomic mass is 15.4. The predicted octanol–water partition coefficient (Wildman–Crippen LogP) is 13.4. The summed E-state index contributed by atoms with van der Waals surface area (Å²) in [5.41, 5.74) is 10.9. The Labute approximate surface area is 553 Å². The fourth-order valence-electron chi connectivity index (χ4n) is 10.0. The molecule has 24 nitrogen and oxygen atoms in total. The number of aryl methyl sites for hydroxylation is 7. The van der Waals surface area contributed by atoms with Gasteiger partial charge in [-0.15, -0.1) is 0 Å². The molecule has 0 aliphatic carbocycles. The van der Waals surface area contributed by atoms with Gasteiger partial charge in [-0.1, -0.05) is 94.6 Å². The molecule has 500 valence electrons. The second kappa shape index (κ2) is 40.0. The topological polar surface area (TPSA) is 280 Å². The smallest absolute Gasteiger partial charge is 0.232 e. The fraction of sp³-hybridized carbons (Fsp3) is 0.522. The van der Waals surface area contributed by atoms with E-state index in [1.54, 1.807) is 0 Å². The minimum Gasteiger partial charge on any atom is -0.368 e. The second-order valence-electron chi connectivity index (χ2n) is 22.9. The summed E-state index contributed by atoms with van der Waals surface area (Å²) >= 11 is 0. The van der Waals surface area contributed by atoms with E-state index in [-0.39, 0.29) is 0 Å². The van der Waals surface area contributed by atoms with Gasteiger partial charge >= 0.3 is 0 Å². The van der Waals surface area contributed by atoms with E-state index in [1.807, 2.05) is 108 Å². The van der Waals surface area contributed by atoms with Crippen molar-refractivity contribution < 1.29 is 0 Å². The lowest BCUT2D eigenvalue weighted by Gasteiger charge is -2.30. The van der Waals surface area contributed by atoms with Crippen LogP contribution in [0.4, 0.5) is 64.9 Å². The molecule has 5 aromatic heterocycles.